The molecule has 1 atom stereocenters. The Morgan fingerprint density at radius 3 is 2.22 bits per heavy atom. The predicted octanol–water partition coefficient (Wildman–Crippen LogP) is 1.69. The van der Waals surface area contributed by atoms with Gasteiger partial charge >= 0.3 is 0 Å². The van der Waals surface area contributed by atoms with Crippen LogP contribution in [-0.2, 0) is 9.59 Å². The maximum absolute atomic E-state index is 12.7. The number of aliphatic hydroxyl groups is 2. The lowest BCUT2D eigenvalue weighted by Gasteiger charge is -2.25. The van der Waals surface area contributed by atoms with Crippen LogP contribution in [0.3, 0.4) is 0 Å². The molecule has 0 aromatic heterocycles. The predicted molar refractivity (Wildman–Crippen MR) is 102 cm³/mol. The molecule has 0 aliphatic carbocycles. The molecule has 0 unspecified atom stereocenters. The van der Waals surface area contributed by atoms with Crippen LogP contribution in [0.4, 0.5) is 0 Å². The molecular formula is C21H22N2O4. The molecule has 2 aromatic carbocycles. The molecule has 3 N–H and O–H groups in total. The van der Waals surface area contributed by atoms with Gasteiger partial charge in [-0.2, -0.15) is 0 Å². The maximum atomic E-state index is 12.7. The number of nitrogens with one attached hydrogen (secondary N) is 1. The Hall–Kier alpha value is -2.96. The van der Waals surface area contributed by atoms with Crippen LogP contribution in [0.15, 0.2) is 66.2 Å². The summed E-state index contributed by atoms with van der Waals surface area (Å²) in [6.45, 7) is 1.12. The molecule has 6 nitrogen and oxygen atoms in total. The first kappa shape index (κ1) is 18.8. The molecule has 1 amide bonds. The lowest BCUT2D eigenvalue weighted by molar-refractivity contribution is -0.139. The lowest BCUT2D eigenvalue weighted by Crippen LogP contribution is -2.36. The monoisotopic (exact) mass is 366 g/mol. The summed E-state index contributed by atoms with van der Waals surface area (Å²) in [7, 11) is 0. The summed E-state index contributed by atoms with van der Waals surface area (Å²) in [6, 6.07) is 17.3. The summed E-state index contributed by atoms with van der Waals surface area (Å²) >= 11 is 0. The van der Waals surface area contributed by atoms with Gasteiger partial charge in [-0.3, -0.25) is 9.59 Å². The summed E-state index contributed by atoms with van der Waals surface area (Å²) in [5.74, 6) is -1.49. The lowest BCUT2D eigenvalue weighted by atomic mass is 9.95. The first-order chi connectivity index (χ1) is 13.1. The van der Waals surface area contributed by atoms with Crippen molar-refractivity contribution in [2.75, 3.05) is 26.2 Å². The van der Waals surface area contributed by atoms with Gasteiger partial charge in [0.05, 0.1) is 18.2 Å². The van der Waals surface area contributed by atoms with Crippen molar-refractivity contribution in [3.8, 4) is 0 Å². The van der Waals surface area contributed by atoms with Gasteiger partial charge in [0.15, 0.2) is 0 Å². The average Bonchev–Trinajstić information content (AvgIpc) is 2.97. The minimum Gasteiger partial charge on any atom is -0.507 e. The van der Waals surface area contributed by atoms with Crippen molar-refractivity contribution < 1.29 is 19.8 Å². The van der Waals surface area contributed by atoms with E-state index in [-0.39, 0.29) is 24.5 Å². The number of aliphatic hydroxyl groups excluding tert-OH is 2. The molecule has 1 fully saturated rings. The van der Waals surface area contributed by atoms with E-state index in [2.05, 4.69) is 5.32 Å². The van der Waals surface area contributed by atoms with E-state index >= 15 is 0 Å². The van der Waals surface area contributed by atoms with Crippen molar-refractivity contribution in [2.45, 2.75) is 6.04 Å². The Kier molecular flexibility index (Phi) is 6.01. The number of carbonyl (C=O) groups is 2. The minimum absolute atomic E-state index is 0.00502. The third kappa shape index (κ3) is 3.92. The van der Waals surface area contributed by atoms with Gasteiger partial charge in [0.25, 0.3) is 11.7 Å². The van der Waals surface area contributed by atoms with Crippen LogP contribution in [0.25, 0.3) is 5.76 Å². The number of Topliss-reactive ketones (excluding diaryl/α,β-unsaturated/α-hetero) is 1. The van der Waals surface area contributed by atoms with Gasteiger partial charge in [0, 0.05) is 25.2 Å². The fourth-order valence-corrected chi connectivity index (χ4v) is 3.25. The standard InChI is InChI=1S/C21H22N2O4/c24-14-12-22-11-13-23-18(15-7-3-1-4-8-15)17(20(26)21(23)27)19(25)16-9-5-2-6-10-16/h1-10,18,22,24-25H,11-14H2/t18-/m0/s1. The van der Waals surface area contributed by atoms with E-state index in [1.165, 1.54) is 4.90 Å². The van der Waals surface area contributed by atoms with Gasteiger partial charge in [-0.25, -0.2) is 0 Å². The zero-order valence-corrected chi connectivity index (χ0v) is 14.8. The Morgan fingerprint density at radius 2 is 1.59 bits per heavy atom. The smallest absolute Gasteiger partial charge is 0.295 e. The Bertz CT molecular complexity index is 834. The van der Waals surface area contributed by atoms with Gasteiger partial charge in [0.1, 0.15) is 5.76 Å². The molecule has 1 aliphatic rings. The number of rotatable bonds is 7. The van der Waals surface area contributed by atoms with Crippen LogP contribution >= 0.6 is 0 Å². The third-order valence-electron chi connectivity index (χ3n) is 4.52. The van der Waals surface area contributed by atoms with E-state index in [4.69, 9.17) is 5.11 Å². The fraction of sp³-hybridized carbons (Fsp3) is 0.238. The SMILES string of the molecule is O=C1C(=O)N(CCNCCO)[C@@H](c2ccccc2)C1=C(O)c1ccccc1. The van der Waals surface area contributed by atoms with Crippen LogP contribution in [0.1, 0.15) is 17.2 Å². The van der Waals surface area contributed by atoms with Crippen molar-refractivity contribution >= 4 is 17.4 Å². The van der Waals surface area contributed by atoms with Gasteiger partial charge in [-0.1, -0.05) is 60.7 Å². The normalized spacial score (nSPS) is 18.9. The highest BCUT2D eigenvalue weighted by Gasteiger charge is 2.45. The minimum atomic E-state index is -0.688. The summed E-state index contributed by atoms with van der Waals surface area (Å²) in [5, 5.41) is 22.7. The fourth-order valence-electron chi connectivity index (χ4n) is 3.25. The van der Waals surface area contributed by atoms with Crippen molar-refractivity contribution in [1.82, 2.24) is 10.2 Å². The molecule has 0 spiro atoms. The highest BCUT2D eigenvalue weighted by atomic mass is 16.3. The largest absolute Gasteiger partial charge is 0.507 e. The number of ketones is 1. The zero-order valence-electron chi connectivity index (χ0n) is 14.8. The molecule has 0 saturated carbocycles. The first-order valence-electron chi connectivity index (χ1n) is 8.85. The van der Waals surface area contributed by atoms with Crippen molar-refractivity contribution in [3.63, 3.8) is 0 Å². The first-order valence-corrected chi connectivity index (χ1v) is 8.85. The quantitative estimate of drug-likeness (QED) is 0.300. The second-order valence-electron chi connectivity index (χ2n) is 6.24. The highest BCUT2D eigenvalue weighted by Crippen LogP contribution is 2.38. The molecule has 6 heteroatoms. The van der Waals surface area contributed by atoms with Crippen molar-refractivity contribution in [2.24, 2.45) is 0 Å². The number of benzene rings is 2. The number of likely N-dealkylation sites (tertiary alicyclic amines) is 1. The molecule has 1 aliphatic heterocycles. The zero-order chi connectivity index (χ0) is 19.2. The van der Waals surface area contributed by atoms with Gasteiger partial charge in [0.2, 0.25) is 0 Å². The Morgan fingerprint density at radius 1 is 0.963 bits per heavy atom. The molecule has 27 heavy (non-hydrogen) atoms. The topological polar surface area (TPSA) is 89.9 Å². The van der Waals surface area contributed by atoms with E-state index in [1.807, 2.05) is 36.4 Å². The molecule has 3 rings (SSSR count). The van der Waals surface area contributed by atoms with Crippen molar-refractivity contribution in [1.29, 1.82) is 0 Å². The van der Waals surface area contributed by atoms with Crippen LogP contribution in [-0.4, -0.2) is 53.0 Å². The summed E-state index contributed by atoms with van der Waals surface area (Å²) < 4.78 is 0. The van der Waals surface area contributed by atoms with Crippen molar-refractivity contribution in [3.05, 3.63) is 77.4 Å². The number of carbonyl (C=O) groups excluding carboxylic acids is 2. The molecule has 0 radical (unpaired) electrons. The van der Waals surface area contributed by atoms with Crippen LogP contribution in [0, 0.1) is 0 Å². The van der Waals surface area contributed by atoms with Crippen LogP contribution in [0.2, 0.25) is 0 Å². The Balaban J connectivity index is 2.03. The number of hydrogen-bond donors (Lipinski definition) is 3. The molecular weight excluding hydrogens is 344 g/mol. The summed E-state index contributed by atoms with van der Waals surface area (Å²) in [4.78, 5) is 26.9. The second-order valence-corrected chi connectivity index (χ2v) is 6.24. The molecule has 1 saturated heterocycles. The second kappa shape index (κ2) is 8.62. The highest BCUT2D eigenvalue weighted by molar-refractivity contribution is 6.46. The van der Waals surface area contributed by atoms with E-state index < -0.39 is 17.7 Å². The molecule has 1 heterocycles. The van der Waals surface area contributed by atoms with E-state index in [0.29, 0.717) is 18.7 Å². The number of hydrogen-bond acceptors (Lipinski definition) is 5. The molecule has 2 aromatic rings. The van der Waals surface area contributed by atoms with Crippen LogP contribution in [0.5, 0.6) is 0 Å². The van der Waals surface area contributed by atoms with Gasteiger partial charge < -0.3 is 20.4 Å². The third-order valence-corrected chi connectivity index (χ3v) is 4.52. The molecule has 0 bridgehead atoms. The van der Waals surface area contributed by atoms with E-state index in [1.54, 1.807) is 24.3 Å². The van der Waals surface area contributed by atoms with E-state index in [0.717, 1.165) is 5.56 Å². The van der Waals surface area contributed by atoms with Gasteiger partial charge in [-0.05, 0) is 5.56 Å². The summed E-state index contributed by atoms with van der Waals surface area (Å²) in [5.41, 5.74) is 1.35. The summed E-state index contributed by atoms with van der Waals surface area (Å²) in [6.07, 6.45) is 0. The van der Waals surface area contributed by atoms with E-state index in [9.17, 15) is 14.7 Å². The number of amides is 1. The average molecular weight is 366 g/mol. The Labute approximate surface area is 157 Å². The van der Waals surface area contributed by atoms with Gasteiger partial charge in [-0.15, -0.1) is 0 Å². The molecule has 140 valence electrons. The maximum Gasteiger partial charge on any atom is 0.295 e. The van der Waals surface area contributed by atoms with Crippen LogP contribution < -0.4 is 5.32 Å². The number of nitrogens with zero attached hydrogens (tertiary/aromatic N) is 1.